The Balaban J connectivity index is 1.98. The molecule has 1 aromatic rings. The number of hydrogen-bond acceptors (Lipinski definition) is 6. The average Bonchev–Trinajstić information content (AvgIpc) is 2.94. The van der Waals surface area contributed by atoms with Gasteiger partial charge in [-0.15, -0.1) is 0 Å². The van der Waals surface area contributed by atoms with Gasteiger partial charge in [0.05, 0.1) is 19.1 Å². The van der Waals surface area contributed by atoms with Crippen LogP contribution in [0.1, 0.15) is 31.0 Å². The van der Waals surface area contributed by atoms with Crippen LogP contribution in [0.2, 0.25) is 0 Å². The third kappa shape index (κ3) is 3.02. The lowest BCUT2D eigenvalue weighted by Crippen LogP contribution is -2.35. The third-order valence-electron chi connectivity index (χ3n) is 2.81. The van der Waals surface area contributed by atoms with Crippen molar-refractivity contribution in [1.82, 2.24) is 15.5 Å². The Labute approximate surface area is 101 Å². The Kier molecular flexibility index (Phi) is 4.47. The van der Waals surface area contributed by atoms with Crippen LogP contribution in [0.15, 0.2) is 4.52 Å². The molecule has 2 unspecified atom stereocenters. The molecule has 0 saturated carbocycles. The van der Waals surface area contributed by atoms with E-state index in [4.69, 9.17) is 14.0 Å². The van der Waals surface area contributed by atoms with Gasteiger partial charge in [0.1, 0.15) is 6.61 Å². The van der Waals surface area contributed by atoms with Crippen molar-refractivity contribution in [3.05, 3.63) is 11.7 Å². The van der Waals surface area contributed by atoms with Gasteiger partial charge in [-0.3, -0.25) is 0 Å². The fraction of sp³-hybridized carbons (Fsp3) is 0.818. The molecule has 0 bridgehead atoms. The van der Waals surface area contributed by atoms with Crippen LogP contribution in [0, 0.1) is 0 Å². The Morgan fingerprint density at radius 3 is 3.12 bits per heavy atom. The Hall–Kier alpha value is -0.980. The van der Waals surface area contributed by atoms with Gasteiger partial charge in [0, 0.05) is 13.2 Å². The third-order valence-corrected chi connectivity index (χ3v) is 2.81. The standard InChI is InChI=1S/C11H19N3O3/c1-3-4-12-9-6-16-5-8(9)11-13-10(7-15-2)14-17-11/h8-9,12H,3-7H2,1-2H3. The maximum atomic E-state index is 5.47. The van der Waals surface area contributed by atoms with Crippen LogP contribution < -0.4 is 5.32 Å². The topological polar surface area (TPSA) is 69.4 Å². The molecule has 0 radical (unpaired) electrons. The lowest BCUT2D eigenvalue weighted by Gasteiger charge is -2.14. The molecule has 0 aromatic carbocycles. The number of aromatic nitrogens is 2. The number of methoxy groups -OCH3 is 1. The van der Waals surface area contributed by atoms with Crippen LogP contribution in [0.3, 0.4) is 0 Å². The number of nitrogens with one attached hydrogen (secondary N) is 1. The van der Waals surface area contributed by atoms with Gasteiger partial charge in [0.2, 0.25) is 5.89 Å². The largest absolute Gasteiger partial charge is 0.379 e. The summed E-state index contributed by atoms with van der Waals surface area (Å²) in [6.45, 7) is 4.83. The molecule has 6 nitrogen and oxygen atoms in total. The first-order valence-electron chi connectivity index (χ1n) is 5.97. The van der Waals surface area contributed by atoms with Gasteiger partial charge >= 0.3 is 0 Å². The van der Waals surface area contributed by atoms with Gasteiger partial charge in [-0.1, -0.05) is 12.1 Å². The second-order valence-electron chi connectivity index (χ2n) is 4.19. The first kappa shape index (κ1) is 12.5. The van der Waals surface area contributed by atoms with Crippen molar-refractivity contribution >= 4 is 0 Å². The minimum absolute atomic E-state index is 0.152. The summed E-state index contributed by atoms with van der Waals surface area (Å²) in [7, 11) is 1.61. The molecule has 2 rings (SSSR count). The Morgan fingerprint density at radius 1 is 1.47 bits per heavy atom. The molecular weight excluding hydrogens is 222 g/mol. The molecule has 0 amide bonds. The molecule has 1 aliphatic rings. The highest BCUT2D eigenvalue weighted by atomic mass is 16.5. The molecule has 1 aliphatic heterocycles. The molecule has 0 aliphatic carbocycles. The zero-order valence-electron chi connectivity index (χ0n) is 10.3. The van der Waals surface area contributed by atoms with Gasteiger partial charge in [-0.2, -0.15) is 4.98 Å². The molecule has 1 saturated heterocycles. The van der Waals surface area contributed by atoms with Crippen LogP contribution in [-0.2, 0) is 16.1 Å². The summed E-state index contributed by atoms with van der Waals surface area (Å²) in [6, 6.07) is 0.269. The van der Waals surface area contributed by atoms with E-state index in [2.05, 4.69) is 22.4 Å². The summed E-state index contributed by atoms with van der Waals surface area (Å²) < 4.78 is 15.7. The van der Waals surface area contributed by atoms with Crippen molar-refractivity contribution in [3.63, 3.8) is 0 Å². The fourth-order valence-electron chi connectivity index (χ4n) is 1.93. The number of hydrogen-bond donors (Lipinski definition) is 1. The summed E-state index contributed by atoms with van der Waals surface area (Å²) in [5.74, 6) is 1.38. The van der Waals surface area contributed by atoms with Crippen LogP contribution in [0.5, 0.6) is 0 Å². The first-order chi connectivity index (χ1) is 8.35. The van der Waals surface area contributed by atoms with E-state index in [1.165, 1.54) is 0 Å². The normalized spacial score (nSPS) is 24.4. The van der Waals surface area contributed by atoms with Crippen LogP contribution in [0.4, 0.5) is 0 Å². The zero-order valence-corrected chi connectivity index (χ0v) is 10.3. The predicted molar refractivity (Wildman–Crippen MR) is 60.7 cm³/mol. The minimum Gasteiger partial charge on any atom is -0.379 e. The van der Waals surface area contributed by atoms with Gasteiger partial charge in [-0.25, -0.2) is 0 Å². The highest BCUT2D eigenvalue weighted by Gasteiger charge is 2.33. The van der Waals surface area contributed by atoms with Crippen LogP contribution in [0.25, 0.3) is 0 Å². The molecular formula is C11H19N3O3. The van der Waals surface area contributed by atoms with E-state index in [-0.39, 0.29) is 12.0 Å². The molecule has 1 N–H and O–H groups in total. The second kappa shape index (κ2) is 6.09. The Morgan fingerprint density at radius 2 is 2.35 bits per heavy atom. The van der Waals surface area contributed by atoms with E-state index in [1.54, 1.807) is 7.11 Å². The molecule has 2 heterocycles. The van der Waals surface area contributed by atoms with Crippen molar-refractivity contribution in [2.75, 3.05) is 26.9 Å². The van der Waals surface area contributed by atoms with Crippen molar-refractivity contribution in [1.29, 1.82) is 0 Å². The molecule has 17 heavy (non-hydrogen) atoms. The molecule has 1 fully saturated rings. The summed E-state index contributed by atoms with van der Waals surface area (Å²) in [5, 5.41) is 7.31. The fourth-order valence-corrected chi connectivity index (χ4v) is 1.93. The lowest BCUT2D eigenvalue weighted by molar-refractivity contribution is 0.174. The van der Waals surface area contributed by atoms with Gasteiger partial charge in [-0.05, 0) is 13.0 Å². The SMILES string of the molecule is CCCNC1COCC1c1nc(COC)no1. The number of ether oxygens (including phenoxy) is 2. The minimum atomic E-state index is 0.152. The first-order valence-corrected chi connectivity index (χ1v) is 5.97. The maximum Gasteiger partial charge on any atom is 0.233 e. The van der Waals surface area contributed by atoms with E-state index >= 15 is 0 Å². The molecule has 0 spiro atoms. The summed E-state index contributed by atoms with van der Waals surface area (Å²) in [6.07, 6.45) is 1.10. The molecule has 6 heteroatoms. The van der Waals surface area contributed by atoms with E-state index in [9.17, 15) is 0 Å². The molecule has 1 aromatic heterocycles. The highest BCUT2D eigenvalue weighted by Crippen LogP contribution is 2.24. The predicted octanol–water partition coefficient (Wildman–Crippen LogP) is 0.698. The lowest BCUT2D eigenvalue weighted by atomic mass is 10.0. The summed E-state index contributed by atoms with van der Waals surface area (Å²) >= 11 is 0. The van der Waals surface area contributed by atoms with E-state index in [0.717, 1.165) is 13.0 Å². The quantitative estimate of drug-likeness (QED) is 0.790. The van der Waals surface area contributed by atoms with Crippen LogP contribution in [-0.4, -0.2) is 43.1 Å². The maximum absolute atomic E-state index is 5.47. The Bertz CT molecular complexity index is 342. The summed E-state index contributed by atoms with van der Waals surface area (Å²) in [4.78, 5) is 4.32. The van der Waals surface area contributed by atoms with Gasteiger partial charge in [0.15, 0.2) is 5.82 Å². The molecule has 96 valence electrons. The second-order valence-corrected chi connectivity index (χ2v) is 4.19. The van der Waals surface area contributed by atoms with Crippen molar-refractivity contribution in [3.8, 4) is 0 Å². The average molecular weight is 241 g/mol. The smallest absolute Gasteiger partial charge is 0.233 e. The summed E-state index contributed by atoms with van der Waals surface area (Å²) in [5.41, 5.74) is 0. The van der Waals surface area contributed by atoms with Crippen LogP contribution >= 0.6 is 0 Å². The van der Waals surface area contributed by atoms with E-state index in [0.29, 0.717) is 31.5 Å². The van der Waals surface area contributed by atoms with Crippen molar-refractivity contribution < 1.29 is 14.0 Å². The van der Waals surface area contributed by atoms with Crippen molar-refractivity contribution in [2.24, 2.45) is 0 Å². The zero-order chi connectivity index (χ0) is 12.1. The van der Waals surface area contributed by atoms with Crippen molar-refractivity contribution in [2.45, 2.75) is 31.9 Å². The number of rotatable bonds is 6. The van der Waals surface area contributed by atoms with E-state index in [1.807, 2.05) is 0 Å². The number of nitrogens with zero attached hydrogens (tertiary/aromatic N) is 2. The van der Waals surface area contributed by atoms with E-state index < -0.39 is 0 Å². The van der Waals surface area contributed by atoms with Gasteiger partial charge in [0.25, 0.3) is 0 Å². The highest BCUT2D eigenvalue weighted by molar-refractivity contribution is 5.02. The van der Waals surface area contributed by atoms with Gasteiger partial charge < -0.3 is 19.3 Å². The monoisotopic (exact) mass is 241 g/mol. The molecule has 2 atom stereocenters.